The Bertz CT molecular complexity index is 225. The Morgan fingerprint density at radius 1 is 1.64 bits per heavy atom. The molecule has 1 aliphatic heterocycles. The minimum atomic E-state index is 0.0687. The van der Waals surface area contributed by atoms with E-state index in [0.29, 0.717) is 12.6 Å². The Kier molecular flexibility index (Phi) is 2.63. The second kappa shape index (κ2) is 3.77. The second-order valence-electron chi connectivity index (χ2n) is 4.63. The monoisotopic (exact) mass is 197 g/mol. The molecule has 0 aromatic heterocycles. The van der Waals surface area contributed by atoms with Crippen molar-refractivity contribution in [2.75, 3.05) is 13.1 Å². The van der Waals surface area contributed by atoms with Gasteiger partial charge in [-0.3, -0.25) is 0 Å². The molecule has 2 aliphatic rings. The number of rotatable bonds is 3. The molecule has 1 heterocycles. The first kappa shape index (κ1) is 9.77. The van der Waals surface area contributed by atoms with Crippen molar-refractivity contribution < 1.29 is 4.79 Å². The highest BCUT2D eigenvalue weighted by molar-refractivity contribution is 5.77. The molecule has 0 aromatic rings. The zero-order chi connectivity index (χ0) is 10.1. The maximum Gasteiger partial charge on any atom is 0.317 e. The van der Waals surface area contributed by atoms with E-state index in [4.69, 9.17) is 5.73 Å². The number of hydrogen-bond donors (Lipinski definition) is 2. The number of carbonyl (C=O) groups excluding carboxylic acids is 1. The Labute approximate surface area is 84.8 Å². The molecule has 14 heavy (non-hydrogen) atoms. The first-order chi connectivity index (χ1) is 6.66. The van der Waals surface area contributed by atoms with Gasteiger partial charge < -0.3 is 16.0 Å². The van der Waals surface area contributed by atoms with Crippen molar-refractivity contribution in [1.29, 1.82) is 0 Å². The Balaban J connectivity index is 1.86. The summed E-state index contributed by atoms with van der Waals surface area (Å²) in [7, 11) is 0. The van der Waals surface area contributed by atoms with Gasteiger partial charge in [-0.25, -0.2) is 4.79 Å². The fraction of sp³-hybridized carbons (Fsp3) is 0.900. The van der Waals surface area contributed by atoms with Gasteiger partial charge in [0.25, 0.3) is 0 Å². The van der Waals surface area contributed by atoms with Gasteiger partial charge in [0.15, 0.2) is 0 Å². The lowest BCUT2D eigenvalue weighted by Crippen LogP contribution is -2.37. The van der Waals surface area contributed by atoms with E-state index in [9.17, 15) is 4.79 Å². The van der Waals surface area contributed by atoms with Crippen LogP contribution in [-0.4, -0.2) is 36.1 Å². The third-order valence-corrected chi connectivity index (χ3v) is 3.24. The average molecular weight is 197 g/mol. The summed E-state index contributed by atoms with van der Waals surface area (Å²) >= 11 is 0. The fourth-order valence-electron chi connectivity index (χ4n) is 2.23. The Morgan fingerprint density at radius 2 is 2.36 bits per heavy atom. The molecule has 0 spiro atoms. The Hall–Kier alpha value is -0.770. The van der Waals surface area contributed by atoms with Crippen LogP contribution in [0.1, 0.15) is 26.2 Å². The summed E-state index contributed by atoms with van der Waals surface area (Å²) in [5.74, 6) is 0.719. The fourth-order valence-corrected chi connectivity index (χ4v) is 2.23. The van der Waals surface area contributed by atoms with Crippen LogP contribution in [0.25, 0.3) is 0 Å². The van der Waals surface area contributed by atoms with E-state index >= 15 is 0 Å². The number of urea groups is 1. The summed E-state index contributed by atoms with van der Waals surface area (Å²) in [6.45, 7) is 3.46. The lowest BCUT2D eigenvalue weighted by molar-refractivity contribution is 0.214. The smallest absolute Gasteiger partial charge is 0.317 e. The van der Waals surface area contributed by atoms with Gasteiger partial charge >= 0.3 is 6.03 Å². The summed E-state index contributed by atoms with van der Waals surface area (Å²) in [5.41, 5.74) is 5.68. The predicted octanol–water partition coefficient (Wildman–Crippen LogP) is 0.527. The van der Waals surface area contributed by atoms with Gasteiger partial charge in [-0.1, -0.05) is 6.42 Å². The normalized spacial score (nSPS) is 30.0. The van der Waals surface area contributed by atoms with Crippen molar-refractivity contribution in [1.82, 2.24) is 10.2 Å². The second-order valence-corrected chi connectivity index (χ2v) is 4.63. The van der Waals surface area contributed by atoms with E-state index in [1.807, 2.05) is 11.8 Å². The van der Waals surface area contributed by atoms with Crippen LogP contribution in [0.5, 0.6) is 0 Å². The zero-order valence-electron chi connectivity index (χ0n) is 8.70. The van der Waals surface area contributed by atoms with Crippen LogP contribution in [0.15, 0.2) is 0 Å². The number of carbonyl (C=O) groups is 1. The third-order valence-electron chi connectivity index (χ3n) is 3.24. The summed E-state index contributed by atoms with van der Waals surface area (Å²) in [5, 5.41) is 3.04. The maximum atomic E-state index is 11.5. The molecule has 4 heteroatoms. The van der Waals surface area contributed by atoms with Crippen LogP contribution < -0.4 is 11.1 Å². The molecule has 2 rings (SSSR count). The molecule has 1 aliphatic carbocycles. The molecule has 2 fully saturated rings. The molecule has 1 saturated carbocycles. The summed E-state index contributed by atoms with van der Waals surface area (Å²) in [4.78, 5) is 13.4. The molecule has 2 atom stereocenters. The van der Waals surface area contributed by atoms with Crippen LogP contribution in [0.4, 0.5) is 4.79 Å². The highest BCUT2D eigenvalue weighted by Gasteiger charge is 2.36. The number of nitrogens with two attached hydrogens (primary N) is 1. The molecule has 2 amide bonds. The molecule has 0 aromatic carbocycles. The Morgan fingerprint density at radius 3 is 2.86 bits per heavy atom. The number of nitrogens with one attached hydrogen (secondary N) is 1. The average Bonchev–Trinajstić information content (AvgIpc) is 2.27. The van der Waals surface area contributed by atoms with Crippen LogP contribution in [0.2, 0.25) is 0 Å². The van der Waals surface area contributed by atoms with E-state index in [2.05, 4.69) is 5.32 Å². The molecule has 1 saturated heterocycles. The van der Waals surface area contributed by atoms with Crippen molar-refractivity contribution in [3.8, 4) is 0 Å². The van der Waals surface area contributed by atoms with Crippen LogP contribution >= 0.6 is 0 Å². The van der Waals surface area contributed by atoms with Gasteiger partial charge in [0.2, 0.25) is 0 Å². The molecule has 4 nitrogen and oxygen atoms in total. The lowest BCUT2D eigenvalue weighted by atomic mass is 9.80. The van der Waals surface area contributed by atoms with Gasteiger partial charge in [-0.2, -0.15) is 0 Å². The molecule has 2 unspecified atom stereocenters. The minimum Gasteiger partial charge on any atom is -0.333 e. The molecule has 3 N–H and O–H groups in total. The van der Waals surface area contributed by atoms with Gasteiger partial charge in [-0.05, 0) is 25.7 Å². The summed E-state index contributed by atoms with van der Waals surface area (Å²) in [6, 6.07) is 0.523. The van der Waals surface area contributed by atoms with E-state index in [1.54, 1.807) is 0 Å². The van der Waals surface area contributed by atoms with Crippen molar-refractivity contribution in [2.24, 2.45) is 11.7 Å². The minimum absolute atomic E-state index is 0.0687. The SMILES string of the molecule is CC(N)CN1CC(C2CCC2)NC1=O. The summed E-state index contributed by atoms with van der Waals surface area (Å²) < 4.78 is 0. The highest BCUT2D eigenvalue weighted by atomic mass is 16.2. The third kappa shape index (κ3) is 1.85. The van der Waals surface area contributed by atoms with Crippen LogP contribution in [0.3, 0.4) is 0 Å². The molecule has 80 valence electrons. The standard InChI is InChI=1S/C10H19N3O/c1-7(11)5-13-6-9(12-10(13)14)8-3-2-4-8/h7-9H,2-6,11H2,1H3,(H,12,14). The largest absolute Gasteiger partial charge is 0.333 e. The first-order valence-electron chi connectivity index (χ1n) is 5.48. The zero-order valence-corrected chi connectivity index (χ0v) is 8.70. The van der Waals surface area contributed by atoms with Gasteiger partial charge in [0.1, 0.15) is 0 Å². The first-order valence-corrected chi connectivity index (χ1v) is 5.48. The topological polar surface area (TPSA) is 58.4 Å². The van der Waals surface area contributed by atoms with Crippen molar-refractivity contribution in [2.45, 2.75) is 38.3 Å². The quantitative estimate of drug-likeness (QED) is 0.693. The summed E-state index contributed by atoms with van der Waals surface area (Å²) in [6.07, 6.45) is 3.87. The highest BCUT2D eigenvalue weighted by Crippen LogP contribution is 2.31. The molecular weight excluding hydrogens is 178 g/mol. The van der Waals surface area contributed by atoms with E-state index in [-0.39, 0.29) is 12.1 Å². The van der Waals surface area contributed by atoms with Crippen molar-refractivity contribution >= 4 is 6.03 Å². The maximum absolute atomic E-state index is 11.5. The van der Waals surface area contributed by atoms with E-state index in [0.717, 1.165) is 12.5 Å². The van der Waals surface area contributed by atoms with Crippen LogP contribution in [0, 0.1) is 5.92 Å². The van der Waals surface area contributed by atoms with Gasteiger partial charge in [-0.15, -0.1) is 0 Å². The number of amides is 2. The predicted molar refractivity (Wildman–Crippen MR) is 54.9 cm³/mol. The number of hydrogen-bond acceptors (Lipinski definition) is 2. The lowest BCUT2D eigenvalue weighted by Gasteiger charge is -2.30. The molecular formula is C10H19N3O. The van der Waals surface area contributed by atoms with E-state index < -0.39 is 0 Å². The number of nitrogens with zero attached hydrogens (tertiary/aromatic N) is 1. The van der Waals surface area contributed by atoms with Gasteiger partial charge in [0, 0.05) is 19.1 Å². The van der Waals surface area contributed by atoms with Crippen molar-refractivity contribution in [3.05, 3.63) is 0 Å². The van der Waals surface area contributed by atoms with Crippen LogP contribution in [-0.2, 0) is 0 Å². The molecule has 0 bridgehead atoms. The van der Waals surface area contributed by atoms with Crippen molar-refractivity contribution in [3.63, 3.8) is 0 Å². The molecule has 0 radical (unpaired) electrons. The van der Waals surface area contributed by atoms with E-state index in [1.165, 1.54) is 19.3 Å². The van der Waals surface area contributed by atoms with Gasteiger partial charge in [0.05, 0.1) is 6.04 Å².